The first-order chi connectivity index (χ1) is 12.0. The Kier molecular flexibility index (Phi) is 4.65. The van der Waals surface area contributed by atoms with Crippen molar-refractivity contribution in [3.05, 3.63) is 11.8 Å². The van der Waals surface area contributed by atoms with Gasteiger partial charge >= 0.3 is 11.9 Å². The summed E-state index contributed by atoms with van der Waals surface area (Å²) in [5, 5.41) is 9.12. The van der Waals surface area contributed by atoms with Gasteiger partial charge in [-0.3, -0.25) is 4.79 Å². The molecule has 0 radical (unpaired) electrons. The van der Waals surface area contributed by atoms with E-state index in [0.29, 0.717) is 24.0 Å². The SMILES string of the molecule is CC(=O)O[C@H]1CC[C@@]2(C)[C@@H](CC[C@@H](C)[C@]23CC/C(=C\C(=O)O)O3)C1(C)C. The number of ether oxygens (including phenoxy) is 2. The van der Waals surface area contributed by atoms with Crippen LogP contribution in [0.2, 0.25) is 0 Å². The van der Waals surface area contributed by atoms with E-state index in [1.165, 1.54) is 13.0 Å². The molecule has 5 atom stereocenters. The molecule has 146 valence electrons. The molecule has 0 bridgehead atoms. The van der Waals surface area contributed by atoms with Crippen LogP contribution in [-0.2, 0) is 19.1 Å². The number of carboxylic acids is 1. The van der Waals surface area contributed by atoms with E-state index in [1.54, 1.807) is 0 Å². The van der Waals surface area contributed by atoms with Crippen LogP contribution in [-0.4, -0.2) is 28.8 Å². The van der Waals surface area contributed by atoms with E-state index < -0.39 is 5.97 Å². The Hall–Kier alpha value is -1.52. The molecule has 1 heterocycles. The second kappa shape index (κ2) is 6.28. The Labute approximate surface area is 156 Å². The lowest BCUT2D eigenvalue weighted by Crippen LogP contribution is -2.64. The van der Waals surface area contributed by atoms with Gasteiger partial charge in [-0.2, -0.15) is 0 Å². The number of rotatable bonds is 2. The van der Waals surface area contributed by atoms with Crippen LogP contribution >= 0.6 is 0 Å². The van der Waals surface area contributed by atoms with Gasteiger partial charge in [-0.1, -0.05) is 27.7 Å². The summed E-state index contributed by atoms with van der Waals surface area (Å²) >= 11 is 0. The third-order valence-corrected chi connectivity index (χ3v) is 7.72. The zero-order valence-electron chi connectivity index (χ0n) is 16.6. The lowest BCUT2D eigenvalue weighted by Gasteiger charge is -2.64. The number of hydrogen-bond acceptors (Lipinski definition) is 4. The van der Waals surface area contributed by atoms with Gasteiger partial charge in [0.05, 0.1) is 6.08 Å². The Balaban J connectivity index is 1.97. The molecule has 1 saturated heterocycles. The molecule has 3 aliphatic rings. The molecule has 3 rings (SSSR count). The molecule has 1 N–H and O–H groups in total. The fourth-order valence-corrected chi connectivity index (χ4v) is 6.48. The molecule has 0 aromatic rings. The molecule has 5 nitrogen and oxygen atoms in total. The summed E-state index contributed by atoms with van der Waals surface area (Å²) < 4.78 is 12.2. The zero-order chi connectivity index (χ0) is 19.3. The highest BCUT2D eigenvalue weighted by molar-refractivity contribution is 5.80. The smallest absolute Gasteiger partial charge is 0.331 e. The van der Waals surface area contributed by atoms with Crippen molar-refractivity contribution in [2.75, 3.05) is 0 Å². The van der Waals surface area contributed by atoms with Gasteiger partial charge in [-0.25, -0.2) is 4.79 Å². The molecule has 3 fully saturated rings. The number of aliphatic carboxylic acids is 1. The zero-order valence-corrected chi connectivity index (χ0v) is 16.6. The molecule has 0 aromatic carbocycles. The second-order valence-electron chi connectivity index (χ2n) is 9.35. The molecular weight excluding hydrogens is 332 g/mol. The van der Waals surface area contributed by atoms with Crippen molar-refractivity contribution in [1.82, 2.24) is 0 Å². The molecule has 0 amide bonds. The van der Waals surface area contributed by atoms with Crippen LogP contribution < -0.4 is 0 Å². The van der Waals surface area contributed by atoms with Crippen LogP contribution in [0.4, 0.5) is 0 Å². The normalized spacial score (nSPS) is 43.0. The minimum atomic E-state index is -0.943. The fraction of sp³-hybridized carbons (Fsp3) is 0.810. The molecule has 2 aliphatic carbocycles. The highest BCUT2D eigenvalue weighted by Gasteiger charge is 2.66. The predicted molar refractivity (Wildman–Crippen MR) is 97.3 cm³/mol. The lowest BCUT2D eigenvalue weighted by atomic mass is 9.44. The summed E-state index contributed by atoms with van der Waals surface area (Å²) in [5.41, 5.74) is -0.511. The number of carbonyl (C=O) groups excluding carboxylic acids is 1. The molecule has 26 heavy (non-hydrogen) atoms. The lowest BCUT2D eigenvalue weighted by molar-refractivity contribution is -0.230. The van der Waals surface area contributed by atoms with Crippen molar-refractivity contribution in [3.8, 4) is 0 Å². The maximum absolute atomic E-state index is 11.6. The predicted octanol–water partition coefficient (Wildman–Crippen LogP) is 4.31. The maximum atomic E-state index is 11.6. The molecule has 1 aliphatic heterocycles. The first-order valence-corrected chi connectivity index (χ1v) is 9.82. The summed E-state index contributed by atoms with van der Waals surface area (Å²) in [5.74, 6) is 0.194. The van der Waals surface area contributed by atoms with Crippen molar-refractivity contribution < 1.29 is 24.2 Å². The molecular formula is C21H32O5. The van der Waals surface area contributed by atoms with E-state index in [4.69, 9.17) is 14.6 Å². The van der Waals surface area contributed by atoms with Crippen LogP contribution in [0.5, 0.6) is 0 Å². The van der Waals surface area contributed by atoms with Gasteiger partial charge in [-0.15, -0.1) is 0 Å². The Morgan fingerprint density at radius 3 is 2.50 bits per heavy atom. The third-order valence-electron chi connectivity index (χ3n) is 7.72. The van der Waals surface area contributed by atoms with Gasteiger partial charge in [0, 0.05) is 24.2 Å². The largest absolute Gasteiger partial charge is 0.490 e. The molecule has 0 aromatic heterocycles. The summed E-state index contributed by atoms with van der Waals surface area (Å²) in [4.78, 5) is 22.7. The minimum absolute atomic E-state index is 0.0566. The minimum Gasteiger partial charge on any atom is -0.490 e. The van der Waals surface area contributed by atoms with Gasteiger partial charge in [0.15, 0.2) is 0 Å². The van der Waals surface area contributed by atoms with Crippen molar-refractivity contribution >= 4 is 11.9 Å². The van der Waals surface area contributed by atoms with E-state index in [2.05, 4.69) is 27.7 Å². The third kappa shape index (κ3) is 2.74. The van der Waals surface area contributed by atoms with Crippen molar-refractivity contribution in [3.63, 3.8) is 0 Å². The number of esters is 1. The average molecular weight is 364 g/mol. The molecule has 2 saturated carbocycles. The van der Waals surface area contributed by atoms with Gasteiger partial charge in [0.2, 0.25) is 0 Å². The van der Waals surface area contributed by atoms with Gasteiger partial charge < -0.3 is 14.6 Å². The first kappa shape index (κ1) is 19.2. The van der Waals surface area contributed by atoms with E-state index in [1.807, 2.05) is 0 Å². The molecule has 5 heteroatoms. The number of hydrogen-bond donors (Lipinski definition) is 1. The molecule has 1 spiro atoms. The van der Waals surface area contributed by atoms with E-state index in [0.717, 1.165) is 32.1 Å². The number of carboxylic acid groups (broad SMARTS) is 1. The highest BCUT2D eigenvalue weighted by atomic mass is 16.5. The van der Waals surface area contributed by atoms with Crippen LogP contribution in [0.3, 0.4) is 0 Å². The standard InChI is InChI=1S/C21H32O5/c1-13-6-7-16-19(3,4)17(25-14(2)22)9-10-20(16,5)21(13)11-8-15(26-21)12-18(23)24/h12-13,16-17H,6-11H2,1-5H3,(H,23,24)/b15-12+/t13-,16+,17+,20+,21-/m1/s1. The van der Waals surface area contributed by atoms with Crippen LogP contribution in [0, 0.1) is 22.7 Å². The quantitative estimate of drug-likeness (QED) is 0.584. The summed E-state index contributed by atoms with van der Waals surface area (Å²) in [7, 11) is 0. The fourth-order valence-electron chi connectivity index (χ4n) is 6.48. The number of carbonyl (C=O) groups is 2. The van der Waals surface area contributed by atoms with E-state index in [-0.39, 0.29) is 28.5 Å². The summed E-state index contributed by atoms with van der Waals surface area (Å²) in [6.07, 6.45) is 6.62. The van der Waals surface area contributed by atoms with E-state index >= 15 is 0 Å². The van der Waals surface area contributed by atoms with Crippen molar-refractivity contribution in [2.24, 2.45) is 22.7 Å². The van der Waals surface area contributed by atoms with Gasteiger partial charge in [0.1, 0.15) is 17.5 Å². The van der Waals surface area contributed by atoms with Crippen molar-refractivity contribution in [1.29, 1.82) is 0 Å². The Morgan fingerprint density at radius 2 is 1.88 bits per heavy atom. The highest BCUT2D eigenvalue weighted by Crippen LogP contribution is 2.67. The number of allylic oxidation sites excluding steroid dienone is 1. The Bertz CT molecular complexity index is 636. The number of fused-ring (bicyclic) bond motifs is 2. The van der Waals surface area contributed by atoms with Crippen LogP contribution in [0.15, 0.2) is 11.8 Å². The van der Waals surface area contributed by atoms with Crippen molar-refractivity contribution in [2.45, 2.75) is 84.8 Å². The summed E-state index contributed by atoms with van der Waals surface area (Å²) in [6, 6.07) is 0. The topological polar surface area (TPSA) is 72.8 Å². The Morgan fingerprint density at radius 1 is 1.19 bits per heavy atom. The molecule has 0 unspecified atom stereocenters. The summed E-state index contributed by atoms with van der Waals surface area (Å²) in [6.45, 7) is 10.5. The van der Waals surface area contributed by atoms with Crippen LogP contribution in [0.25, 0.3) is 0 Å². The first-order valence-electron chi connectivity index (χ1n) is 9.82. The maximum Gasteiger partial charge on any atom is 0.331 e. The van der Waals surface area contributed by atoms with Gasteiger partial charge in [0.25, 0.3) is 0 Å². The van der Waals surface area contributed by atoms with E-state index in [9.17, 15) is 9.59 Å². The van der Waals surface area contributed by atoms with Crippen LogP contribution in [0.1, 0.15) is 73.1 Å². The monoisotopic (exact) mass is 364 g/mol. The van der Waals surface area contributed by atoms with Gasteiger partial charge in [-0.05, 0) is 43.9 Å². The average Bonchev–Trinajstić information content (AvgIpc) is 2.93. The second-order valence-corrected chi connectivity index (χ2v) is 9.35.